The molecule has 0 spiro atoms. The number of ether oxygens (including phenoxy) is 2. The van der Waals surface area contributed by atoms with Crippen molar-refractivity contribution in [3.8, 4) is 89.0 Å². The number of rotatable bonds is 28. The van der Waals surface area contributed by atoms with Crippen molar-refractivity contribution in [2.75, 3.05) is 13.2 Å². The highest BCUT2D eigenvalue weighted by atomic mass is 19.2. The molecule has 0 N–H and O–H groups in total. The van der Waals surface area contributed by atoms with Crippen molar-refractivity contribution < 1.29 is 27.0 Å². The molecule has 0 saturated carbocycles. The van der Waals surface area contributed by atoms with E-state index in [1.165, 1.54) is 232 Å². The average Bonchev–Trinajstić information content (AvgIpc) is 0.814. The SMILES string of the molecule is C=C1COC(c2ccc(-c3ccc(-c4cc(F)c(F)c(F)c4)c(F)c3)cc2)OC1.CCCCc1ccc(-c2ccc(-c3ccc(CCCC)cc3)c(CCCCCCc3cc(-c4ccc(CCCC)cc4)ccc3-c3ccc(CCCC)cc3)c2)cc1.Cc1ccc(-c2ccc(-c3ccc(C)cc3)c(C)c2)cc1. The molecule has 1 fully saturated rings. The van der Waals surface area contributed by atoms with Crippen LogP contribution in [0.2, 0.25) is 0 Å². The zero-order valence-corrected chi connectivity index (χ0v) is 64.5. The first-order chi connectivity index (χ1) is 52.6. The Morgan fingerprint density at radius 3 is 0.972 bits per heavy atom. The van der Waals surface area contributed by atoms with Crippen molar-refractivity contribution in [3.63, 3.8) is 0 Å². The maximum absolute atomic E-state index is 14.6. The molecule has 12 aromatic rings. The smallest absolute Gasteiger partial charge is 0.194 e. The van der Waals surface area contributed by atoms with E-state index in [0.717, 1.165) is 41.7 Å². The summed E-state index contributed by atoms with van der Waals surface area (Å²) in [7, 11) is 0. The van der Waals surface area contributed by atoms with Gasteiger partial charge in [-0.25, -0.2) is 17.6 Å². The van der Waals surface area contributed by atoms with Crippen LogP contribution in [0.25, 0.3) is 89.0 Å². The van der Waals surface area contributed by atoms with Crippen LogP contribution in [0.3, 0.4) is 0 Å². The lowest BCUT2D eigenvalue weighted by Crippen LogP contribution is -2.19. The summed E-state index contributed by atoms with van der Waals surface area (Å²) in [6.45, 7) is 20.2. The van der Waals surface area contributed by atoms with Crippen molar-refractivity contribution in [2.24, 2.45) is 0 Å². The van der Waals surface area contributed by atoms with Crippen LogP contribution in [0.5, 0.6) is 0 Å². The topological polar surface area (TPSA) is 18.5 Å². The fraction of sp³-hybridized carbons (Fsp3) is 0.275. The van der Waals surface area contributed by atoms with E-state index in [2.05, 4.69) is 255 Å². The second-order valence-corrected chi connectivity index (χ2v) is 29.4. The van der Waals surface area contributed by atoms with E-state index in [1.54, 1.807) is 18.2 Å². The summed E-state index contributed by atoms with van der Waals surface area (Å²) in [5.74, 6) is -4.99. The molecule has 1 aliphatic rings. The summed E-state index contributed by atoms with van der Waals surface area (Å²) in [5.41, 5.74) is 31.5. The number of unbranched alkanes of at least 4 members (excludes halogenated alkanes) is 7. The monoisotopic (exact) mass is 1440 g/mol. The van der Waals surface area contributed by atoms with Crippen LogP contribution in [0.4, 0.5) is 17.6 Å². The minimum Gasteiger partial charge on any atom is -0.344 e. The molecule has 0 aromatic heterocycles. The molecule has 2 nitrogen and oxygen atoms in total. The summed E-state index contributed by atoms with van der Waals surface area (Å²) >= 11 is 0. The van der Waals surface area contributed by atoms with Crippen molar-refractivity contribution in [3.05, 3.63) is 346 Å². The molecule has 108 heavy (non-hydrogen) atoms. The minimum atomic E-state index is -1.58. The summed E-state index contributed by atoms with van der Waals surface area (Å²) in [5, 5.41) is 0. The molecule has 1 heterocycles. The maximum Gasteiger partial charge on any atom is 0.194 e. The molecule has 1 saturated heterocycles. The molecule has 0 aliphatic carbocycles. The number of benzene rings is 12. The zero-order valence-electron chi connectivity index (χ0n) is 64.5. The summed E-state index contributed by atoms with van der Waals surface area (Å²) in [6, 6.07) is 89.2. The van der Waals surface area contributed by atoms with Gasteiger partial charge in [0.25, 0.3) is 0 Å². The van der Waals surface area contributed by atoms with E-state index < -0.39 is 29.6 Å². The summed E-state index contributed by atoms with van der Waals surface area (Å²) in [6.07, 6.45) is 21.3. The molecule has 0 amide bonds. The molecule has 0 bridgehead atoms. The molecule has 1 aliphatic heterocycles. The largest absolute Gasteiger partial charge is 0.344 e. The molecule has 13 rings (SSSR count). The highest BCUT2D eigenvalue weighted by Crippen LogP contribution is 2.37. The van der Waals surface area contributed by atoms with Gasteiger partial charge in [-0.15, -0.1) is 0 Å². The first kappa shape index (κ1) is 79.1. The first-order valence-electron chi connectivity index (χ1n) is 39.5. The molecule has 0 unspecified atom stereocenters. The summed E-state index contributed by atoms with van der Waals surface area (Å²) < 4.78 is 65.8. The molecular formula is C102H106F4O2. The standard InChI is InChI=1S/C58H70.C23H16F4O2.C21H20/c1-5-9-17-45-23-31-49(32-24-45)53-39-41-57(51-35-27-47(28-36-51)19-11-7-3)55(43-53)21-15-13-14-16-22-56-44-54(50-33-25-46(26-34-50)18-10-6-2)40-42-58(56)52-37-29-48(30-38-52)20-12-8-4;1-13-11-28-23(29-12-13)15-4-2-14(3-5-15)16-6-7-18(19(24)8-16)17-9-20(25)22(27)21(26)10-17;1-15-4-8-18(9-5-15)20-12-13-21(17(3)14-20)19-10-6-16(2)7-11-19/h23-44H,5-22H2,1-4H3;2-10,23H,1,11-12H2;4-14H,1-3H3. The number of hydrogen-bond acceptors (Lipinski definition) is 2. The van der Waals surface area contributed by atoms with Gasteiger partial charge in [0.05, 0.1) is 13.2 Å². The van der Waals surface area contributed by atoms with Crippen LogP contribution in [-0.4, -0.2) is 13.2 Å². The lowest BCUT2D eigenvalue weighted by Gasteiger charge is -2.25. The van der Waals surface area contributed by atoms with Crippen molar-refractivity contribution in [1.29, 1.82) is 0 Å². The number of hydrogen-bond donors (Lipinski definition) is 0. The van der Waals surface area contributed by atoms with Gasteiger partial charge in [0.1, 0.15) is 5.82 Å². The predicted octanol–water partition coefficient (Wildman–Crippen LogP) is 29.2. The Morgan fingerprint density at radius 2 is 0.593 bits per heavy atom. The molecule has 0 radical (unpaired) electrons. The van der Waals surface area contributed by atoms with Gasteiger partial charge in [0.15, 0.2) is 23.7 Å². The Labute approximate surface area is 641 Å². The third-order valence-electron chi connectivity index (χ3n) is 20.9. The van der Waals surface area contributed by atoms with Crippen molar-refractivity contribution in [2.45, 2.75) is 170 Å². The van der Waals surface area contributed by atoms with Crippen LogP contribution < -0.4 is 0 Å². The lowest BCUT2D eigenvalue weighted by atomic mass is 9.90. The minimum absolute atomic E-state index is 0.0209. The van der Waals surface area contributed by atoms with E-state index in [1.807, 2.05) is 12.1 Å². The lowest BCUT2D eigenvalue weighted by molar-refractivity contribution is -0.160. The second kappa shape index (κ2) is 39.7. The molecule has 554 valence electrons. The third kappa shape index (κ3) is 21.9. The fourth-order valence-electron chi connectivity index (χ4n) is 14.2. The van der Waals surface area contributed by atoms with Crippen LogP contribution in [-0.2, 0) is 48.0 Å². The van der Waals surface area contributed by atoms with Crippen LogP contribution >= 0.6 is 0 Å². The quantitative estimate of drug-likeness (QED) is 0.0211. The average molecular weight is 1440 g/mol. The van der Waals surface area contributed by atoms with Crippen LogP contribution in [0, 0.1) is 44.0 Å². The van der Waals surface area contributed by atoms with Crippen LogP contribution in [0.15, 0.2) is 267 Å². The highest BCUT2D eigenvalue weighted by molar-refractivity contribution is 5.78. The Kier molecular flexibility index (Phi) is 29.1. The van der Waals surface area contributed by atoms with Crippen molar-refractivity contribution in [1.82, 2.24) is 0 Å². The Bertz CT molecular complexity index is 4650. The molecular weight excluding hydrogens is 1330 g/mol. The van der Waals surface area contributed by atoms with E-state index in [-0.39, 0.29) is 11.1 Å². The fourth-order valence-corrected chi connectivity index (χ4v) is 14.2. The van der Waals surface area contributed by atoms with E-state index in [4.69, 9.17) is 9.47 Å². The third-order valence-corrected chi connectivity index (χ3v) is 20.9. The Hall–Kier alpha value is -9.98. The van der Waals surface area contributed by atoms with Gasteiger partial charge >= 0.3 is 0 Å². The van der Waals surface area contributed by atoms with Crippen LogP contribution in [0.1, 0.15) is 167 Å². The van der Waals surface area contributed by atoms with Gasteiger partial charge in [-0.2, -0.15) is 0 Å². The van der Waals surface area contributed by atoms with Gasteiger partial charge in [-0.3, -0.25) is 0 Å². The second-order valence-electron chi connectivity index (χ2n) is 29.4. The molecule has 0 atom stereocenters. The molecule has 6 heteroatoms. The summed E-state index contributed by atoms with van der Waals surface area (Å²) in [4.78, 5) is 0. The Morgan fingerprint density at radius 1 is 0.287 bits per heavy atom. The molecule has 12 aromatic carbocycles. The predicted molar refractivity (Wildman–Crippen MR) is 447 cm³/mol. The Balaban J connectivity index is 0.000000190. The van der Waals surface area contributed by atoms with E-state index >= 15 is 0 Å². The van der Waals surface area contributed by atoms with Gasteiger partial charge in [0, 0.05) is 11.1 Å². The highest BCUT2D eigenvalue weighted by Gasteiger charge is 2.20. The van der Waals surface area contributed by atoms with Gasteiger partial charge in [-0.05, 0) is 244 Å². The maximum atomic E-state index is 14.6. The van der Waals surface area contributed by atoms with Gasteiger partial charge in [0.2, 0.25) is 0 Å². The van der Waals surface area contributed by atoms with Crippen molar-refractivity contribution >= 4 is 0 Å². The van der Waals surface area contributed by atoms with E-state index in [9.17, 15) is 17.6 Å². The van der Waals surface area contributed by atoms with E-state index in [0.29, 0.717) is 18.8 Å². The van der Waals surface area contributed by atoms with Gasteiger partial charge < -0.3 is 9.47 Å². The zero-order chi connectivity index (χ0) is 75.7. The first-order valence-corrected chi connectivity index (χ1v) is 39.5. The normalized spacial score (nSPS) is 12.2. The number of aryl methyl sites for hydroxylation is 9. The number of halogens is 4. The van der Waals surface area contributed by atoms with Gasteiger partial charge in [-0.1, -0.05) is 321 Å².